The molecule has 2 N–H and O–H groups in total. The molecule has 0 saturated carbocycles. The smallest absolute Gasteiger partial charge is 0.329 e. The second-order valence-corrected chi connectivity index (χ2v) is 5.72. The summed E-state index contributed by atoms with van der Waals surface area (Å²) >= 11 is 0. The van der Waals surface area contributed by atoms with Crippen molar-refractivity contribution in [3.05, 3.63) is 29.8 Å². The minimum Gasteiger partial charge on any atom is -0.497 e. The van der Waals surface area contributed by atoms with Gasteiger partial charge in [0.05, 0.1) is 13.0 Å². The number of benzene rings is 1. The van der Waals surface area contributed by atoms with Crippen LogP contribution in [0, 0.1) is 0 Å². The molecule has 0 aliphatic carbocycles. The molecule has 1 unspecified atom stereocenters. The number of methoxy groups -OCH3 is 1. The molecule has 1 fully saturated rings. The van der Waals surface area contributed by atoms with Gasteiger partial charge in [0.15, 0.2) is 0 Å². The van der Waals surface area contributed by atoms with Crippen LogP contribution in [0.1, 0.15) is 37.7 Å². The van der Waals surface area contributed by atoms with Crippen LogP contribution in [-0.2, 0) is 14.3 Å². The lowest BCUT2D eigenvalue weighted by Gasteiger charge is -2.35. The molecule has 1 aromatic carbocycles. The molecule has 0 spiro atoms. The molecule has 1 aliphatic rings. The van der Waals surface area contributed by atoms with E-state index >= 15 is 0 Å². The number of carbonyl (C=O) groups is 2. The third kappa shape index (κ3) is 3.82. The lowest BCUT2D eigenvalue weighted by molar-refractivity contribution is -0.152. The largest absolute Gasteiger partial charge is 0.497 e. The van der Waals surface area contributed by atoms with Crippen LogP contribution in [0.2, 0.25) is 0 Å². The molecule has 126 valence electrons. The highest BCUT2D eigenvalue weighted by molar-refractivity contribution is 5.90. The average molecular weight is 321 g/mol. The van der Waals surface area contributed by atoms with Crippen molar-refractivity contribution in [3.63, 3.8) is 0 Å². The van der Waals surface area contributed by atoms with E-state index in [1.807, 2.05) is 19.1 Å². The summed E-state index contributed by atoms with van der Waals surface area (Å²) in [6, 6.07) is 7.27. The zero-order valence-electron chi connectivity index (χ0n) is 13.5. The van der Waals surface area contributed by atoms with Crippen molar-refractivity contribution in [1.82, 2.24) is 5.32 Å². The van der Waals surface area contributed by atoms with Gasteiger partial charge in [0.1, 0.15) is 11.3 Å². The Labute approximate surface area is 135 Å². The molecule has 2 rings (SSSR count). The van der Waals surface area contributed by atoms with E-state index in [0.717, 1.165) is 11.3 Å². The van der Waals surface area contributed by atoms with Gasteiger partial charge in [0.25, 0.3) is 0 Å². The molecule has 6 nitrogen and oxygen atoms in total. The number of carboxylic acids is 1. The number of carbonyl (C=O) groups excluding carboxylic acids is 1. The van der Waals surface area contributed by atoms with Gasteiger partial charge < -0.3 is 19.9 Å². The van der Waals surface area contributed by atoms with Gasteiger partial charge in [-0.05, 0) is 24.1 Å². The van der Waals surface area contributed by atoms with E-state index in [-0.39, 0.29) is 24.7 Å². The lowest BCUT2D eigenvalue weighted by Crippen LogP contribution is -2.58. The number of carboxylic acid groups (broad SMARTS) is 1. The molecule has 1 atom stereocenters. The van der Waals surface area contributed by atoms with E-state index in [9.17, 15) is 14.7 Å². The highest BCUT2D eigenvalue weighted by Gasteiger charge is 2.42. The number of amides is 1. The van der Waals surface area contributed by atoms with Gasteiger partial charge >= 0.3 is 5.97 Å². The number of nitrogens with one attached hydrogen (secondary N) is 1. The molecular weight excluding hydrogens is 298 g/mol. The van der Waals surface area contributed by atoms with E-state index < -0.39 is 11.5 Å². The molecule has 6 heteroatoms. The molecule has 23 heavy (non-hydrogen) atoms. The maximum absolute atomic E-state index is 12.7. The summed E-state index contributed by atoms with van der Waals surface area (Å²) in [6.07, 6.45) is 1.16. The van der Waals surface area contributed by atoms with E-state index in [1.165, 1.54) is 0 Å². The maximum atomic E-state index is 12.7. The number of hydrogen-bond acceptors (Lipinski definition) is 4. The first-order chi connectivity index (χ1) is 11.0. The summed E-state index contributed by atoms with van der Waals surface area (Å²) in [5.74, 6) is -0.934. The van der Waals surface area contributed by atoms with Gasteiger partial charge in [0.2, 0.25) is 5.91 Å². The van der Waals surface area contributed by atoms with E-state index in [2.05, 4.69) is 5.32 Å². The molecular formula is C17H23NO5. The van der Waals surface area contributed by atoms with Gasteiger partial charge in [-0.3, -0.25) is 4.79 Å². The quantitative estimate of drug-likeness (QED) is 0.836. The van der Waals surface area contributed by atoms with E-state index in [0.29, 0.717) is 19.6 Å². The molecule has 0 radical (unpaired) electrons. The van der Waals surface area contributed by atoms with Crippen LogP contribution < -0.4 is 10.1 Å². The summed E-state index contributed by atoms with van der Waals surface area (Å²) < 4.78 is 10.3. The SMILES string of the molecule is CCC(C(=O)NC1(C(=O)O)CCOCC1)c1ccc(OC)cc1. The van der Waals surface area contributed by atoms with Gasteiger partial charge in [-0.2, -0.15) is 0 Å². The zero-order chi connectivity index (χ0) is 16.9. The van der Waals surface area contributed by atoms with Crippen LogP contribution >= 0.6 is 0 Å². The Balaban J connectivity index is 2.16. The number of hydrogen-bond donors (Lipinski definition) is 2. The average Bonchev–Trinajstić information content (AvgIpc) is 2.57. The van der Waals surface area contributed by atoms with Crippen molar-refractivity contribution < 1.29 is 24.2 Å². The van der Waals surface area contributed by atoms with Crippen molar-refractivity contribution in [2.75, 3.05) is 20.3 Å². The summed E-state index contributed by atoms with van der Waals surface area (Å²) in [5, 5.41) is 12.3. The Morgan fingerprint density at radius 1 is 1.30 bits per heavy atom. The van der Waals surface area contributed by atoms with Gasteiger partial charge in [-0.15, -0.1) is 0 Å². The van der Waals surface area contributed by atoms with Crippen molar-refractivity contribution in [1.29, 1.82) is 0 Å². The van der Waals surface area contributed by atoms with Crippen LogP contribution in [0.15, 0.2) is 24.3 Å². The summed E-state index contributed by atoms with van der Waals surface area (Å²) in [6.45, 7) is 2.59. The number of ether oxygens (including phenoxy) is 2. The lowest BCUT2D eigenvalue weighted by atomic mass is 9.87. The minimum atomic E-state index is -1.23. The second-order valence-electron chi connectivity index (χ2n) is 5.72. The Hall–Kier alpha value is -2.08. The van der Waals surface area contributed by atoms with Crippen molar-refractivity contribution in [2.45, 2.75) is 37.6 Å². The maximum Gasteiger partial charge on any atom is 0.329 e. The molecule has 1 saturated heterocycles. The first-order valence-corrected chi connectivity index (χ1v) is 7.79. The summed E-state index contributed by atoms with van der Waals surface area (Å²) in [7, 11) is 1.58. The first kappa shape index (κ1) is 17.3. The normalized spacial score (nSPS) is 18.0. The number of aliphatic carboxylic acids is 1. The van der Waals surface area contributed by atoms with Crippen LogP contribution in [-0.4, -0.2) is 42.8 Å². The number of rotatable bonds is 6. The third-order valence-corrected chi connectivity index (χ3v) is 4.36. The third-order valence-electron chi connectivity index (χ3n) is 4.36. The van der Waals surface area contributed by atoms with Gasteiger partial charge in [0, 0.05) is 26.1 Å². The molecule has 1 amide bonds. The monoisotopic (exact) mass is 321 g/mol. The molecule has 0 aromatic heterocycles. The fourth-order valence-corrected chi connectivity index (χ4v) is 2.84. The Kier molecular flexibility index (Phi) is 5.60. The fraction of sp³-hybridized carbons (Fsp3) is 0.529. The molecule has 0 bridgehead atoms. The Bertz CT molecular complexity index is 549. The standard InChI is InChI=1S/C17H23NO5/c1-3-14(12-4-6-13(22-2)7-5-12)15(19)18-17(16(20)21)8-10-23-11-9-17/h4-7,14H,3,8-11H2,1-2H3,(H,18,19)(H,20,21). The fourth-order valence-electron chi connectivity index (χ4n) is 2.84. The van der Waals surface area contributed by atoms with Crippen molar-refractivity contribution >= 4 is 11.9 Å². The highest BCUT2D eigenvalue weighted by atomic mass is 16.5. The molecule has 1 aliphatic heterocycles. The second kappa shape index (κ2) is 7.46. The van der Waals surface area contributed by atoms with E-state index in [4.69, 9.17) is 9.47 Å². The first-order valence-electron chi connectivity index (χ1n) is 7.79. The molecule has 1 heterocycles. The molecule has 1 aromatic rings. The van der Waals surface area contributed by atoms with Crippen LogP contribution in [0.4, 0.5) is 0 Å². The predicted molar refractivity (Wildman–Crippen MR) is 84.6 cm³/mol. The Morgan fingerprint density at radius 2 is 1.91 bits per heavy atom. The van der Waals surface area contributed by atoms with Crippen molar-refractivity contribution in [3.8, 4) is 5.75 Å². The predicted octanol–water partition coefficient (Wildman–Crippen LogP) is 1.94. The minimum absolute atomic E-state index is 0.262. The zero-order valence-corrected chi connectivity index (χ0v) is 13.5. The van der Waals surface area contributed by atoms with E-state index in [1.54, 1.807) is 19.2 Å². The van der Waals surface area contributed by atoms with Crippen LogP contribution in [0.5, 0.6) is 5.75 Å². The van der Waals surface area contributed by atoms with Crippen LogP contribution in [0.3, 0.4) is 0 Å². The van der Waals surface area contributed by atoms with Crippen LogP contribution in [0.25, 0.3) is 0 Å². The Morgan fingerprint density at radius 3 is 2.39 bits per heavy atom. The topological polar surface area (TPSA) is 84.9 Å². The summed E-state index contributed by atoms with van der Waals surface area (Å²) in [5.41, 5.74) is -0.381. The van der Waals surface area contributed by atoms with Gasteiger partial charge in [-0.1, -0.05) is 19.1 Å². The summed E-state index contributed by atoms with van der Waals surface area (Å²) in [4.78, 5) is 24.3. The van der Waals surface area contributed by atoms with Gasteiger partial charge in [-0.25, -0.2) is 4.79 Å². The van der Waals surface area contributed by atoms with Crippen molar-refractivity contribution in [2.24, 2.45) is 0 Å². The highest BCUT2D eigenvalue weighted by Crippen LogP contribution is 2.26.